The fraction of sp³-hybridized carbons (Fsp3) is 0.600. The molecule has 0 aliphatic rings. The zero-order chi connectivity index (χ0) is 15.7. The van der Waals surface area contributed by atoms with Gasteiger partial charge in [-0.15, -0.1) is 0 Å². The van der Waals surface area contributed by atoms with Crippen LogP contribution in [0, 0.1) is 13.8 Å². The molecule has 0 aliphatic carbocycles. The zero-order valence-electron chi connectivity index (χ0n) is 13.3. The molecule has 0 atom stereocenters. The molecule has 0 spiro atoms. The minimum absolute atomic E-state index is 0.0192. The van der Waals surface area contributed by atoms with Crippen LogP contribution in [0.25, 0.3) is 0 Å². The van der Waals surface area contributed by atoms with E-state index in [1.807, 2.05) is 13.8 Å². The molecule has 0 radical (unpaired) electrons. The number of aryl methyl sites for hydroxylation is 1. The molecule has 0 saturated heterocycles. The average Bonchev–Trinajstić information content (AvgIpc) is 2.46. The molecule has 0 bridgehead atoms. The minimum atomic E-state index is 0.0192. The standard InChI is InChI=1S/C15H25N3O3/c1-11-9-18-13(12(2)15(11)21-4)10-16-6-5-14(19)17-7-8-20-3/h9,16H,5-8,10H2,1-4H3,(H,17,19). The molecule has 6 heteroatoms. The molecular formula is C15H25N3O3. The molecule has 21 heavy (non-hydrogen) atoms. The number of carbonyl (C=O) groups excluding carboxylic acids is 1. The highest BCUT2D eigenvalue weighted by molar-refractivity contribution is 5.76. The first-order valence-corrected chi connectivity index (χ1v) is 7.05. The minimum Gasteiger partial charge on any atom is -0.496 e. The Labute approximate surface area is 126 Å². The number of carbonyl (C=O) groups is 1. The van der Waals surface area contributed by atoms with Crippen molar-refractivity contribution in [3.63, 3.8) is 0 Å². The Morgan fingerprint density at radius 1 is 1.29 bits per heavy atom. The fourth-order valence-corrected chi connectivity index (χ4v) is 2.04. The van der Waals surface area contributed by atoms with Gasteiger partial charge in [0.15, 0.2) is 0 Å². The lowest BCUT2D eigenvalue weighted by Crippen LogP contribution is -2.30. The average molecular weight is 295 g/mol. The van der Waals surface area contributed by atoms with Gasteiger partial charge in [-0.2, -0.15) is 0 Å². The van der Waals surface area contributed by atoms with E-state index in [-0.39, 0.29) is 5.91 Å². The Kier molecular flexibility index (Phi) is 7.71. The second kappa shape index (κ2) is 9.31. The molecule has 0 saturated carbocycles. The topological polar surface area (TPSA) is 72.5 Å². The van der Waals surface area contributed by atoms with Gasteiger partial charge >= 0.3 is 0 Å². The molecule has 1 rings (SSSR count). The lowest BCUT2D eigenvalue weighted by Gasteiger charge is -2.12. The third-order valence-corrected chi connectivity index (χ3v) is 3.20. The summed E-state index contributed by atoms with van der Waals surface area (Å²) in [4.78, 5) is 15.9. The van der Waals surface area contributed by atoms with Crippen molar-refractivity contribution in [1.82, 2.24) is 15.6 Å². The smallest absolute Gasteiger partial charge is 0.221 e. The van der Waals surface area contributed by atoms with Gasteiger partial charge in [0.2, 0.25) is 5.91 Å². The van der Waals surface area contributed by atoms with Crippen molar-refractivity contribution < 1.29 is 14.3 Å². The SMILES string of the molecule is COCCNC(=O)CCNCc1ncc(C)c(OC)c1C. The highest BCUT2D eigenvalue weighted by atomic mass is 16.5. The van der Waals surface area contributed by atoms with Gasteiger partial charge < -0.3 is 20.1 Å². The Morgan fingerprint density at radius 2 is 2.05 bits per heavy atom. The molecule has 0 aromatic carbocycles. The molecule has 1 heterocycles. The van der Waals surface area contributed by atoms with Gasteiger partial charge in [-0.25, -0.2) is 0 Å². The molecule has 0 aliphatic heterocycles. The summed E-state index contributed by atoms with van der Waals surface area (Å²) in [5.74, 6) is 0.893. The van der Waals surface area contributed by atoms with E-state index in [0.29, 0.717) is 32.7 Å². The number of nitrogens with one attached hydrogen (secondary N) is 2. The van der Waals surface area contributed by atoms with Gasteiger partial charge in [-0.05, 0) is 13.8 Å². The molecule has 1 aromatic heterocycles. The van der Waals surface area contributed by atoms with Crippen molar-refractivity contribution in [3.05, 3.63) is 23.0 Å². The normalized spacial score (nSPS) is 10.5. The van der Waals surface area contributed by atoms with E-state index < -0.39 is 0 Å². The summed E-state index contributed by atoms with van der Waals surface area (Å²) in [6.07, 6.45) is 2.24. The fourth-order valence-electron chi connectivity index (χ4n) is 2.04. The predicted molar refractivity (Wildman–Crippen MR) is 81.5 cm³/mol. The van der Waals surface area contributed by atoms with Gasteiger partial charge in [-0.3, -0.25) is 9.78 Å². The predicted octanol–water partition coefficient (Wildman–Crippen LogP) is 0.949. The summed E-state index contributed by atoms with van der Waals surface area (Å²) in [7, 11) is 3.27. The summed E-state index contributed by atoms with van der Waals surface area (Å²) in [5, 5.41) is 6.00. The number of hydrogen-bond acceptors (Lipinski definition) is 5. The number of amides is 1. The van der Waals surface area contributed by atoms with Crippen LogP contribution in [0.4, 0.5) is 0 Å². The summed E-state index contributed by atoms with van der Waals surface area (Å²) >= 11 is 0. The Hall–Kier alpha value is -1.66. The molecule has 0 fully saturated rings. The van der Waals surface area contributed by atoms with Crippen LogP contribution in [0.3, 0.4) is 0 Å². The Bertz CT molecular complexity index is 464. The highest BCUT2D eigenvalue weighted by Gasteiger charge is 2.09. The van der Waals surface area contributed by atoms with Crippen LogP contribution in [0.5, 0.6) is 5.75 Å². The van der Waals surface area contributed by atoms with Crippen LogP contribution < -0.4 is 15.4 Å². The van der Waals surface area contributed by atoms with E-state index in [1.54, 1.807) is 20.4 Å². The quantitative estimate of drug-likeness (QED) is 0.664. The maximum absolute atomic E-state index is 11.5. The number of nitrogens with zero attached hydrogens (tertiary/aromatic N) is 1. The van der Waals surface area contributed by atoms with Gasteiger partial charge in [0, 0.05) is 50.5 Å². The van der Waals surface area contributed by atoms with Crippen molar-refractivity contribution in [2.75, 3.05) is 33.9 Å². The number of ether oxygens (including phenoxy) is 2. The van der Waals surface area contributed by atoms with E-state index in [4.69, 9.17) is 9.47 Å². The zero-order valence-corrected chi connectivity index (χ0v) is 13.3. The van der Waals surface area contributed by atoms with Crippen molar-refractivity contribution in [2.24, 2.45) is 0 Å². The van der Waals surface area contributed by atoms with Crippen molar-refractivity contribution in [2.45, 2.75) is 26.8 Å². The van der Waals surface area contributed by atoms with Gasteiger partial charge in [0.05, 0.1) is 19.4 Å². The Morgan fingerprint density at radius 3 is 2.71 bits per heavy atom. The van der Waals surface area contributed by atoms with Gasteiger partial charge in [0.25, 0.3) is 0 Å². The molecule has 1 aromatic rings. The number of pyridine rings is 1. The Balaban J connectivity index is 2.35. The van der Waals surface area contributed by atoms with Gasteiger partial charge in [-0.1, -0.05) is 0 Å². The van der Waals surface area contributed by atoms with Crippen molar-refractivity contribution >= 4 is 5.91 Å². The molecule has 0 unspecified atom stereocenters. The van der Waals surface area contributed by atoms with Gasteiger partial charge in [0.1, 0.15) is 5.75 Å². The molecule has 118 valence electrons. The maximum Gasteiger partial charge on any atom is 0.221 e. The first-order chi connectivity index (χ1) is 10.1. The van der Waals surface area contributed by atoms with E-state index in [1.165, 1.54) is 0 Å². The summed E-state index contributed by atoms with van der Waals surface area (Å²) in [6.45, 7) is 6.27. The lowest BCUT2D eigenvalue weighted by molar-refractivity contribution is -0.121. The van der Waals surface area contributed by atoms with Crippen LogP contribution in [0.1, 0.15) is 23.2 Å². The number of aromatic nitrogens is 1. The first-order valence-electron chi connectivity index (χ1n) is 7.05. The lowest BCUT2D eigenvalue weighted by atomic mass is 10.1. The van der Waals surface area contributed by atoms with E-state index >= 15 is 0 Å². The second-order valence-corrected chi connectivity index (χ2v) is 4.82. The molecule has 1 amide bonds. The van der Waals surface area contributed by atoms with Crippen LogP contribution in [-0.4, -0.2) is 44.8 Å². The highest BCUT2D eigenvalue weighted by Crippen LogP contribution is 2.23. The van der Waals surface area contributed by atoms with E-state index in [0.717, 1.165) is 22.6 Å². The van der Waals surface area contributed by atoms with Crippen LogP contribution in [-0.2, 0) is 16.1 Å². The summed E-state index contributed by atoms with van der Waals surface area (Å²) in [6, 6.07) is 0. The number of hydrogen-bond donors (Lipinski definition) is 2. The third-order valence-electron chi connectivity index (χ3n) is 3.20. The monoisotopic (exact) mass is 295 g/mol. The van der Waals surface area contributed by atoms with E-state index in [9.17, 15) is 4.79 Å². The third kappa shape index (κ3) is 5.69. The molecule has 6 nitrogen and oxygen atoms in total. The molecular weight excluding hydrogens is 270 g/mol. The second-order valence-electron chi connectivity index (χ2n) is 4.82. The van der Waals surface area contributed by atoms with Crippen LogP contribution in [0.2, 0.25) is 0 Å². The number of rotatable bonds is 9. The van der Waals surface area contributed by atoms with Crippen LogP contribution in [0.15, 0.2) is 6.20 Å². The van der Waals surface area contributed by atoms with Crippen molar-refractivity contribution in [1.29, 1.82) is 0 Å². The van der Waals surface area contributed by atoms with Crippen LogP contribution >= 0.6 is 0 Å². The number of methoxy groups -OCH3 is 2. The van der Waals surface area contributed by atoms with Crippen molar-refractivity contribution in [3.8, 4) is 5.75 Å². The maximum atomic E-state index is 11.5. The molecule has 2 N–H and O–H groups in total. The summed E-state index contributed by atoms with van der Waals surface area (Å²) in [5.41, 5.74) is 3.00. The van der Waals surface area contributed by atoms with E-state index in [2.05, 4.69) is 15.6 Å². The largest absolute Gasteiger partial charge is 0.496 e. The first kappa shape index (κ1) is 17.4. The summed E-state index contributed by atoms with van der Waals surface area (Å²) < 4.78 is 10.2.